The Morgan fingerprint density at radius 3 is 2.55 bits per heavy atom. The molecule has 0 aromatic heterocycles. The minimum Gasteiger partial charge on any atom is -0.384 e. The molecule has 0 radical (unpaired) electrons. The van der Waals surface area contributed by atoms with Crippen LogP contribution in [0.25, 0.3) is 0 Å². The van der Waals surface area contributed by atoms with Gasteiger partial charge >= 0.3 is 0 Å². The molecule has 0 heterocycles. The van der Waals surface area contributed by atoms with E-state index in [4.69, 9.17) is 5.26 Å². The molecule has 0 aromatic carbocycles. The van der Waals surface area contributed by atoms with Crippen molar-refractivity contribution in [1.29, 1.82) is 5.26 Å². The Kier molecular flexibility index (Phi) is 4.08. The highest BCUT2D eigenvalue weighted by Gasteiger charge is 2.19. The number of rotatable bonds is 4. The molecule has 4 nitrogen and oxygen atoms in total. The summed E-state index contributed by atoms with van der Waals surface area (Å²) in [5.41, 5.74) is 0. The lowest BCUT2D eigenvalue weighted by Crippen LogP contribution is -2.21. The van der Waals surface area contributed by atoms with Crippen molar-refractivity contribution in [2.75, 3.05) is 19.5 Å². The van der Waals surface area contributed by atoms with Gasteiger partial charge in [-0.05, 0) is 6.92 Å². The summed E-state index contributed by atoms with van der Waals surface area (Å²) in [5, 5.41) is 7.37. The van der Waals surface area contributed by atoms with Crippen LogP contribution in [0.15, 0.2) is 0 Å². The number of hydrogen-bond donors (Lipinski definition) is 0. The molecule has 0 aliphatic heterocycles. The maximum atomic E-state index is 11.0. The molecule has 0 amide bonds. The van der Waals surface area contributed by atoms with Crippen LogP contribution in [-0.2, 0) is 14.6 Å². The molecule has 0 saturated carbocycles. The third kappa shape index (κ3) is 3.35. The van der Waals surface area contributed by atoms with Crippen molar-refractivity contribution in [3.63, 3.8) is 0 Å². The Morgan fingerprint density at radius 1 is 1.64 bits per heavy atom. The van der Waals surface area contributed by atoms with E-state index in [0.717, 1.165) is 0 Å². The molecule has 1 unspecified atom stereocenters. The molecular formula is C6H11NO3S. The van der Waals surface area contributed by atoms with Gasteiger partial charge in [0.15, 0.2) is 9.84 Å². The fraction of sp³-hybridized carbons (Fsp3) is 0.833. The van der Waals surface area contributed by atoms with Crippen LogP contribution < -0.4 is 0 Å². The molecule has 0 aliphatic carbocycles. The van der Waals surface area contributed by atoms with E-state index in [-0.39, 0.29) is 12.4 Å². The van der Waals surface area contributed by atoms with Gasteiger partial charge in [0.05, 0.1) is 18.4 Å². The molecule has 0 aliphatic rings. The van der Waals surface area contributed by atoms with Crippen LogP contribution in [-0.4, -0.2) is 33.1 Å². The van der Waals surface area contributed by atoms with Crippen molar-refractivity contribution >= 4 is 9.84 Å². The monoisotopic (exact) mass is 177 g/mol. The normalized spacial score (nSPS) is 13.9. The molecule has 0 N–H and O–H groups in total. The lowest BCUT2D eigenvalue weighted by Gasteiger charge is -2.03. The van der Waals surface area contributed by atoms with Gasteiger partial charge in [-0.2, -0.15) is 5.26 Å². The first-order valence-corrected chi connectivity index (χ1v) is 4.86. The summed E-state index contributed by atoms with van der Waals surface area (Å²) >= 11 is 0. The largest absolute Gasteiger partial charge is 0.384 e. The van der Waals surface area contributed by atoms with Gasteiger partial charge < -0.3 is 4.74 Å². The molecule has 0 saturated heterocycles. The molecule has 0 fully saturated rings. The second kappa shape index (κ2) is 4.31. The maximum absolute atomic E-state index is 11.0. The first kappa shape index (κ1) is 10.4. The van der Waals surface area contributed by atoms with Crippen LogP contribution in [0.5, 0.6) is 0 Å². The highest BCUT2D eigenvalue weighted by Crippen LogP contribution is 1.99. The summed E-state index contributed by atoms with van der Waals surface area (Å²) in [6.07, 6.45) is 0. The predicted molar refractivity (Wildman–Crippen MR) is 40.7 cm³/mol. The average Bonchev–Trinajstić information content (AvgIpc) is 1.99. The Hall–Kier alpha value is -0.600. The van der Waals surface area contributed by atoms with Crippen molar-refractivity contribution in [1.82, 2.24) is 0 Å². The summed E-state index contributed by atoms with van der Waals surface area (Å²) in [4.78, 5) is 0. The van der Waals surface area contributed by atoms with Gasteiger partial charge in [0, 0.05) is 7.11 Å². The zero-order chi connectivity index (χ0) is 8.91. The van der Waals surface area contributed by atoms with E-state index in [1.54, 1.807) is 6.07 Å². The van der Waals surface area contributed by atoms with Crippen molar-refractivity contribution in [2.45, 2.75) is 12.2 Å². The SMILES string of the molecule is COCCS(=O)(=O)C(C)C#N. The van der Waals surface area contributed by atoms with Crippen LogP contribution in [0.1, 0.15) is 6.92 Å². The van der Waals surface area contributed by atoms with E-state index in [1.165, 1.54) is 14.0 Å². The molecule has 0 bridgehead atoms. The summed E-state index contributed by atoms with van der Waals surface area (Å²) in [5.74, 6) is -0.0851. The third-order valence-electron chi connectivity index (χ3n) is 1.29. The zero-order valence-corrected chi connectivity index (χ0v) is 7.39. The van der Waals surface area contributed by atoms with E-state index in [1.807, 2.05) is 0 Å². The summed E-state index contributed by atoms with van der Waals surface area (Å²) in [7, 11) is -1.84. The number of methoxy groups -OCH3 is 1. The van der Waals surface area contributed by atoms with Gasteiger partial charge in [-0.3, -0.25) is 0 Å². The Morgan fingerprint density at radius 2 is 2.18 bits per heavy atom. The van der Waals surface area contributed by atoms with Gasteiger partial charge in [0.2, 0.25) is 0 Å². The standard InChI is InChI=1S/C6H11NO3S/c1-6(5-7)11(8,9)4-3-10-2/h6H,3-4H2,1-2H3. The predicted octanol–water partition coefficient (Wildman–Crippen LogP) is -0.0403. The van der Waals surface area contributed by atoms with Gasteiger partial charge in [-0.25, -0.2) is 8.42 Å². The fourth-order valence-corrected chi connectivity index (χ4v) is 1.37. The van der Waals surface area contributed by atoms with E-state index in [0.29, 0.717) is 0 Å². The number of nitriles is 1. The van der Waals surface area contributed by atoms with E-state index in [9.17, 15) is 8.42 Å². The van der Waals surface area contributed by atoms with Gasteiger partial charge in [0.25, 0.3) is 0 Å². The lowest BCUT2D eigenvalue weighted by atomic mass is 10.5. The molecular weight excluding hydrogens is 166 g/mol. The second-order valence-corrected chi connectivity index (χ2v) is 4.57. The van der Waals surface area contributed by atoms with Crippen LogP contribution in [0.3, 0.4) is 0 Å². The molecule has 5 heteroatoms. The Bertz CT molecular complexity index is 239. The first-order chi connectivity index (χ1) is 5.04. The maximum Gasteiger partial charge on any atom is 0.168 e. The van der Waals surface area contributed by atoms with Crippen molar-refractivity contribution in [3.8, 4) is 6.07 Å². The van der Waals surface area contributed by atoms with Crippen LogP contribution in [0.4, 0.5) is 0 Å². The summed E-state index contributed by atoms with van der Waals surface area (Å²) in [6.45, 7) is 1.51. The minimum absolute atomic E-state index is 0.0851. The fourth-order valence-electron chi connectivity index (χ4n) is 0.457. The van der Waals surface area contributed by atoms with Crippen LogP contribution in [0, 0.1) is 11.3 Å². The molecule has 0 spiro atoms. The van der Waals surface area contributed by atoms with Crippen LogP contribution >= 0.6 is 0 Å². The van der Waals surface area contributed by atoms with E-state index >= 15 is 0 Å². The van der Waals surface area contributed by atoms with Crippen molar-refractivity contribution < 1.29 is 13.2 Å². The first-order valence-electron chi connectivity index (χ1n) is 3.14. The highest BCUT2D eigenvalue weighted by atomic mass is 32.2. The number of hydrogen-bond acceptors (Lipinski definition) is 4. The van der Waals surface area contributed by atoms with Crippen molar-refractivity contribution in [2.24, 2.45) is 0 Å². The second-order valence-electron chi connectivity index (χ2n) is 2.13. The van der Waals surface area contributed by atoms with Gasteiger partial charge in [-0.1, -0.05) is 0 Å². The third-order valence-corrected chi connectivity index (χ3v) is 3.21. The summed E-state index contributed by atoms with van der Waals surface area (Å²) in [6, 6.07) is 1.67. The lowest BCUT2D eigenvalue weighted by molar-refractivity contribution is 0.217. The van der Waals surface area contributed by atoms with E-state index < -0.39 is 15.1 Å². The number of sulfone groups is 1. The topological polar surface area (TPSA) is 67.2 Å². The van der Waals surface area contributed by atoms with Crippen LogP contribution in [0.2, 0.25) is 0 Å². The highest BCUT2D eigenvalue weighted by molar-refractivity contribution is 7.92. The number of ether oxygens (including phenoxy) is 1. The molecule has 0 rings (SSSR count). The molecule has 11 heavy (non-hydrogen) atoms. The Balaban J connectivity index is 4.15. The summed E-state index contributed by atoms with van der Waals surface area (Å²) < 4.78 is 26.6. The zero-order valence-electron chi connectivity index (χ0n) is 6.57. The molecule has 1 atom stereocenters. The van der Waals surface area contributed by atoms with E-state index in [2.05, 4.69) is 4.74 Å². The Labute approximate surface area is 66.7 Å². The van der Waals surface area contributed by atoms with Crippen molar-refractivity contribution in [3.05, 3.63) is 0 Å². The average molecular weight is 177 g/mol. The smallest absolute Gasteiger partial charge is 0.168 e. The number of nitrogens with zero attached hydrogens (tertiary/aromatic N) is 1. The molecule has 0 aromatic rings. The molecule has 64 valence electrons. The minimum atomic E-state index is -3.26. The van der Waals surface area contributed by atoms with Gasteiger partial charge in [-0.15, -0.1) is 0 Å². The quantitative estimate of drug-likeness (QED) is 0.604. The van der Waals surface area contributed by atoms with Gasteiger partial charge in [0.1, 0.15) is 5.25 Å².